The predicted octanol–water partition coefficient (Wildman–Crippen LogP) is 3.32. The van der Waals surface area contributed by atoms with Crippen LogP contribution in [0.2, 0.25) is 0 Å². The fourth-order valence-corrected chi connectivity index (χ4v) is 4.25. The Bertz CT molecular complexity index is 862. The molecule has 4 rings (SSSR count). The largest absolute Gasteiger partial charge is 0.418 e. The van der Waals surface area contributed by atoms with E-state index >= 15 is 0 Å². The molecule has 6 nitrogen and oxygen atoms in total. The molecule has 1 N–H and O–H groups in total. The number of hydrogen-bond acceptors (Lipinski definition) is 6. The predicted molar refractivity (Wildman–Crippen MR) is 92.8 cm³/mol. The normalized spacial score (nSPS) is 17.2. The van der Waals surface area contributed by atoms with Crippen LogP contribution in [-0.2, 0) is 20.0 Å². The Kier molecular flexibility index (Phi) is 3.97. The number of nitrogens with zero attached hydrogens (tertiary/aromatic N) is 4. The summed E-state index contributed by atoms with van der Waals surface area (Å²) in [5.41, 5.74) is 3.32. The van der Waals surface area contributed by atoms with Crippen molar-refractivity contribution in [1.29, 1.82) is 0 Å². The molecule has 0 amide bonds. The second kappa shape index (κ2) is 6.14. The zero-order valence-corrected chi connectivity index (χ0v) is 15.0. The van der Waals surface area contributed by atoms with Crippen LogP contribution < -0.4 is 5.32 Å². The van der Waals surface area contributed by atoms with Gasteiger partial charge in [0, 0.05) is 17.6 Å². The van der Waals surface area contributed by atoms with E-state index in [0.29, 0.717) is 18.3 Å². The average Bonchev–Trinajstić information content (AvgIpc) is 3.25. The Balaban J connectivity index is 1.47. The molecule has 3 aromatic rings. The first kappa shape index (κ1) is 15.5. The highest BCUT2D eigenvalue weighted by Gasteiger charge is 2.24. The second-order valence-electron chi connectivity index (χ2n) is 6.29. The Hall–Kier alpha value is -1.99. The zero-order valence-electron chi connectivity index (χ0n) is 14.2. The lowest BCUT2D eigenvalue weighted by Crippen LogP contribution is -2.24. The van der Waals surface area contributed by atoms with E-state index in [-0.39, 0.29) is 6.04 Å². The van der Waals surface area contributed by atoms with Crippen LogP contribution in [0.15, 0.2) is 16.5 Å². The van der Waals surface area contributed by atoms with Crippen LogP contribution in [0.3, 0.4) is 0 Å². The summed E-state index contributed by atoms with van der Waals surface area (Å²) in [5, 5.41) is 13.0. The van der Waals surface area contributed by atoms with Gasteiger partial charge in [0.25, 0.3) is 5.89 Å². The van der Waals surface area contributed by atoms with E-state index in [9.17, 15) is 0 Å². The Morgan fingerprint density at radius 3 is 3.00 bits per heavy atom. The Morgan fingerprint density at radius 1 is 1.33 bits per heavy atom. The van der Waals surface area contributed by atoms with Crippen molar-refractivity contribution in [2.75, 3.05) is 0 Å². The minimum absolute atomic E-state index is 0.284. The van der Waals surface area contributed by atoms with E-state index in [1.54, 1.807) is 0 Å². The van der Waals surface area contributed by atoms with Gasteiger partial charge in [-0.2, -0.15) is 0 Å². The molecule has 0 unspecified atom stereocenters. The fourth-order valence-electron chi connectivity index (χ4n) is 3.21. The standard InChI is InChI=1S/C17H21N5OS/c1-10-7-8-13(22(10)3)17-21-20-15(23-17)9-18-12-5-4-6-14-16(12)19-11(2)24-14/h7-8,12,18H,4-6,9H2,1-3H3/t12-/m0/s1. The number of fused-ring (bicyclic) bond motifs is 1. The lowest BCUT2D eigenvalue weighted by Gasteiger charge is -2.21. The summed E-state index contributed by atoms with van der Waals surface area (Å²) in [4.78, 5) is 6.12. The van der Waals surface area contributed by atoms with Gasteiger partial charge in [0.1, 0.15) is 5.69 Å². The van der Waals surface area contributed by atoms with Crippen molar-refractivity contribution in [1.82, 2.24) is 25.1 Å². The maximum absolute atomic E-state index is 5.82. The molecule has 0 saturated carbocycles. The summed E-state index contributed by atoms with van der Waals surface area (Å²) in [7, 11) is 2.00. The van der Waals surface area contributed by atoms with Crippen LogP contribution in [-0.4, -0.2) is 19.7 Å². The van der Waals surface area contributed by atoms with Crippen molar-refractivity contribution >= 4 is 11.3 Å². The Labute approximate surface area is 144 Å². The summed E-state index contributed by atoms with van der Waals surface area (Å²) in [5.74, 6) is 1.18. The molecular weight excluding hydrogens is 322 g/mol. The van der Waals surface area contributed by atoms with Crippen LogP contribution in [0.5, 0.6) is 0 Å². The van der Waals surface area contributed by atoms with Gasteiger partial charge in [0.05, 0.1) is 23.3 Å². The van der Waals surface area contributed by atoms with E-state index in [0.717, 1.165) is 29.2 Å². The third-order valence-corrected chi connectivity index (χ3v) is 5.67. The van der Waals surface area contributed by atoms with E-state index in [2.05, 4.69) is 33.9 Å². The van der Waals surface area contributed by atoms with Gasteiger partial charge in [-0.1, -0.05) is 0 Å². The van der Waals surface area contributed by atoms with Crippen LogP contribution in [0.25, 0.3) is 11.6 Å². The van der Waals surface area contributed by atoms with Gasteiger partial charge in [0.2, 0.25) is 5.89 Å². The molecule has 0 radical (unpaired) electrons. The molecule has 0 spiro atoms. The summed E-state index contributed by atoms with van der Waals surface area (Å²) < 4.78 is 7.88. The molecule has 0 saturated heterocycles. The molecule has 0 aliphatic heterocycles. The number of aryl methyl sites for hydroxylation is 3. The lowest BCUT2D eigenvalue weighted by molar-refractivity contribution is 0.408. The van der Waals surface area contributed by atoms with Crippen molar-refractivity contribution in [2.24, 2.45) is 7.05 Å². The molecule has 0 aromatic carbocycles. The zero-order chi connectivity index (χ0) is 16.7. The number of rotatable bonds is 4. The van der Waals surface area contributed by atoms with E-state index in [1.165, 1.54) is 17.0 Å². The minimum Gasteiger partial charge on any atom is -0.418 e. The van der Waals surface area contributed by atoms with Gasteiger partial charge in [-0.25, -0.2) is 4.98 Å². The minimum atomic E-state index is 0.284. The molecule has 0 bridgehead atoms. The van der Waals surface area contributed by atoms with Crippen molar-refractivity contribution in [3.05, 3.63) is 39.3 Å². The van der Waals surface area contributed by atoms with Gasteiger partial charge in [-0.15, -0.1) is 21.5 Å². The number of hydrogen-bond donors (Lipinski definition) is 1. The molecule has 126 valence electrons. The first-order valence-corrected chi connectivity index (χ1v) is 9.08. The highest BCUT2D eigenvalue weighted by atomic mass is 32.1. The van der Waals surface area contributed by atoms with Crippen LogP contribution in [0, 0.1) is 13.8 Å². The van der Waals surface area contributed by atoms with Crippen LogP contribution >= 0.6 is 11.3 Å². The van der Waals surface area contributed by atoms with Gasteiger partial charge < -0.3 is 14.3 Å². The average molecular weight is 343 g/mol. The monoisotopic (exact) mass is 343 g/mol. The van der Waals surface area contributed by atoms with Crippen LogP contribution in [0.4, 0.5) is 0 Å². The van der Waals surface area contributed by atoms with Gasteiger partial charge in [0.15, 0.2) is 0 Å². The summed E-state index contributed by atoms with van der Waals surface area (Å²) in [6.45, 7) is 4.70. The van der Waals surface area contributed by atoms with Crippen molar-refractivity contribution in [3.63, 3.8) is 0 Å². The fraction of sp³-hybridized carbons (Fsp3) is 0.471. The smallest absolute Gasteiger partial charge is 0.264 e. The van der Waals surface area contributed by atoms with E-state index < -0.39 is 0 Å². The molecule has 24 heavy (non-hydrogen) atoms. The molecule has 3 heterocycles. The van der Waals surface area contributed by atoms with Gasteiger partial charge in [-0.3, -0.25) is 0 Å². The van der Waals surface area contributed by atoms with E-state index in [1.807, 2.05) is 30.5 Å². The van der Waals surface area contributed by atoms with Crippen molar-refractivity contribution in [2.45, 2.75) is 45.7 Å². The molecule has 3 aromatic heterocycles. The highest BCUT2D eigenvalue weighted by molar-refractivity contribution is 7.11. The number of thiazole rings is 1. The lowest BCUT2D eigenvalue weighted by atomic mass is 9.98. The van der Waals surface area contributed by atoms with Crippen LogP contribution in [0.1, 0.15) is 46.0 Å². The second-order valence-corrected chi connectivity index (χ2v) is 7.57. The SMILES string of the molecule is Cc1nc2c(s1)CCC[C@@H]2NCc1nnc(-c2ccc(C)n2C)o1. The topological polar surface area (TPSA) is 68.8 Å². The molecular formula is C17H21N5OS. The summed E-state index contributed by atoms with van der Waals surface area (Å²) >= 11 is 1.82. The quantitative estimate of drug-likeness (QED) is 0.787. The number of aromatic nitrogens is 4. The molecule has 1 aliphatic rings. The summed E-state index contributed by atoms with van der Waals surface area (Å²) in [6.07, 6.45) is 3.45. The number of nitrogens with one attached hydrogen (secondary N) is 1. The van der Waals surface area contributed by atoms with E-state index in [4.69, 9.17) is 9.40 Å². The Morgan fingerprint density at radius 2 is 2.21 bits per heavy atom. The maximum Gasteiger partial charge on any atom is 0.264 e. The first-order valence-electron chi connectivity index (χ1n) is 8.26. The molecule has 0 fully saturated rings. The first-order chi connectivity index (χ1) is 11.6. The van der Waals surface area contributed by atoms with Gasteiger partial charge in [-0.05, 0) is 45.2 Å². The molecule has 7 heteroatoms. The molecule has 1 atom stereocenters. The summed E-state index contributed by atoms with van der Waals surface area (Å²) in [6, 6.07) is 4.34. The molecule has 1 aliphatic carbocycles. The third kappa shape index (κ3) is 2.78. The third-order valence-electron chi connectivity index (χ3n) is 4.62. The van der Waals surface area contributed by atoms with Crippen molar-refractivity contribution in [3.8, 4) is 11.6 Å². The highest BCUT2D eigenvalue weighted by Crippen LogP contribution is 2.33. The van der Waals surface area contributed by atoms with Gasteiger partial charge >= 0.3 is 0 Å². The van der Waals surface area contributed by atoms with Crippen molar-refractivity contribution < 1.29 is 4.42 Å². The maximum atomic E-state index is 5.82.